The summed E-state index contributed by atoms with van der Waals surface area (Å²) >= 11 is 5.67. The van der Waals surface area contributed by atoms with Crippen LogP contribution in [0.3, 0.4) is 0 Å². The van der Waals surface area contributed by atoms with Crippen molar-refractivity contribution < 1.29 is 18.3 Å². The average Bonchev–Trinajstić information content (AvgIpc) is 2.47. The number of halogens is 1. The molecule has 2 atom stereocenters. The number of nitrogens with zero attached hydrogens (tertiary/aromatic N) is 1. The van der Waals surface area contributed by atoms with Gasteiger partial charge in [-0.3, -0.25) is 0 Å². The van der Waals surface area contributed by atoms with Crippen molar-refractivity contribution in [3.05, 3.63) is 29.8 Å². The molecule has 21 heavy (non-hydrogen) atoms. The van der Waals surface area contributed by atoms with Crippen molar-refractivity contribution in [3.63, 3.8) is 0 Å². The Morgan fingerprint density at radius 1 is 1.33 bits per heavy atom. The number of aliphatic hydroxyl groups excluding tert-OH is 1. The molecule has 2 unspecified atom stereocenters. The first kappa shape index (κ1) is 16.7. The Balaban J connectivity index is 2.20. The van der Waals surface area contributed by atoms with E-state index in [1.165, 1.54) is 4.31 Å². The molecule has 0 amide bonds. The largest absolute Gasteiger partial charge is 0.394 e. The van der Waals surface area contributed by atoms with Gasteiger partial charge in [-0.05, 0) is 31.0 Å². The van der Waals surface area contributed by atoms with Crippen LogP contribution in [0.25, 0.3) is 0 Å². The summed E-state index contributed by atoms with van der Waals surface area (Å²) in [6.07, 6.45) is 0.00326. The fourth-order valence-corrected chi connectivity index (χ4v) is 4.15. The molecule has 7 heteroatoms. The molecule has 2 rings (SSSR count). The number of benzene rings is 1. The third kappa shape index (κ3) is 3.96. The third-order valence-electron chi connectivity index (χ3n) is 3.44. The number of sulfonamides is 1. The molecule has 1 aromatic carbocycles. The van der Waals surface area contributed by atoms with Gasteiger partial charge in [-0.2, -0.15) is 4.31 Å². The highest BCUT2D eigenvalue weighted by molar-refractivity contribution is 7.89. The Labute approximate surface area is 130 Å². The van der Waals surface area contributed by atoms with Gasteiger partial charge >= 0.3 is 0 Å². The third-order valence-corrected chi connectivity index (χ3v) is 5.48. The van der Waals surface area contributed by atoms with Crippen molar-refractivity contribution >= 4 is 21.6 Å². The van der Waals surface area contributed by atoms with Crippen LogP contribution in [-0.2, 0) is 21.2 Å². The highest BCUT2D eigenvalue weighted by Crippen LogP contribution is 2.21. The van der Waals surface area contributed by atoms with Gasteiger partial charge in [0.25, 0.3) is 0 Å². The summed E-state index contributed by atoms with van der Waals surface area (Å²) in [4.78, 5) is 0.256. The molecule has 1 heterocycles. The number of ether oxygens (including phenoxy) is 1. The minimum atomic E-state index is -3.56. The van der Waals surface area contributed by atoms with Crippen LogP contribution in [0.2, 0.25) is 0 Å². The van der Waals surface area contributed by atoms with Gasteiger partial charge in [0.1, 0.15) is 0 Å². The van der Waals surface area contributed by atoms with E-state index in [-0.39, 0.29) is 24.2 Å². The van der Waals surface area contributed by atoms with Crippen LogP contribution >= 0.6 is 11.6 Å². The van der Waals surface area contributed by atoms with Crippen molar-refractivity contribution in [2.24, 2.45) is 0 Å². The highest BCUT2D eigenvalue weighted by Gasteiger charge is 2.33. The molecule has 0 aliphatic carbocycles. The zero-order chi connectivity index (χ0) is 15.5. The summed E-state index contributed by atoms with van der Waals surface area (Å²) in [7, 11) is -3.56. The Morgan fingerprint density at radius 2 is 2.00 bits per heavy atom. The van der Waals surface area contributed by atoms with E-state index in [2.05, 4.69) is 0 Å². The Morgan fingerprint density at radius 3 is 2.57 bits per heavy atom. The maximum atomic E-state index is 12.6. The highest BCUT2D eigenvalue weighted by atomic mass is 35.5. The molecule has 1 N–H and O–H groups in total. The first-order valence-corrected chi connectivity index (χ1v) is 8.86. The lowest BCUT2D eigenvalue weighted by atomic mass is 10.2. The second kappa shape index (κ2) is 7.07. The molecule has 0 bridgehead atoms. The number of alkyl halides is 1. The van der Waals surface area contributed by atoms with Crippen LogP contribution in [0.15, 0.2) is 29.2 Å². The molecule has 1 fully saturated rings. The lowest BCUT2D eigenvalue weighted by Crippen LogP contribution is -2.50. The van der Waals surface area contributed by atoms with E-state index in [9.17, 15) is 13.5 Å². The van der Waals surface area contributed by atoms with Gasteiger partial charge < -0.3 is 9.84 Å². The van der Waals surface area contributed by atoms with E-state index in [1.807, 2.05) is 0 Å². The molecule has 1 aliphatic rings. The van der Waals surface area contributed by atoms with Gasteiger partial charge in [0.05, 0.1) is 23.7 Å². The van der Waals surface area contributed by atoms with Crippen LogP contribution in [0.5, 0.6) is 0 Å². The Bertz CT molecular complexity index is 561. The van der Waals surface area contributed by atoms with E-state index in [1.54, 1.807) is 31.2 Å². The fourth-order valence-electron chi connectivity index (χ4n) is 2.39. The predicted molar refractivity (Wildman–Crippen MR) is 81.0 cm³/mol. The van der Waals surface area contributed by atoms with Gasteiger partial charge in [0.2, 0.25) is 10.0 Å². The van der Waals surface area contributed by atoms with E-state index >= 15 is 0 Å². The van der Waals surface area contributed by atoms with E-state index in [0.29, 0.717) is 18.8 Å². The molecule has 0 radical (unpaired) electrons. The minimum Gasteiger partial charge on any atom is -0.394 e. The van der Waals surface area contributed by atoms with Crippen LogP contribution in [0, 0.1) is 0 Å². The van der Waals surface area contributed by atoms with Gasteiger partial charge in [-0.1, -0.05) is 12.1 Å². The maximum Gasteiger partial charge on any atom is 0.243 e. The average molecular weight is 334 g/mol. The number of hydrogen-bond acceptors (Lipinski definition) is 4. The molecule has 1 aliphatic heterocycles. The first-order valence-electron chi connectivity index (χ1n) is 6.88. The van der Waals surface area contributed by atoms with Gasteiger partial charge in [0.15, 0.2) is 0 Å². The molecule has 118 valence electrons. The maximum absolute atomic E-state index is 12.6. The van der Waals surface area contributed by atoms with E-state index in [0.717, 1.165) is 5.56 Å². The zero-order valence-electron chi connectivity index (χ0n) is 11.9. The molecular weight excluding hydrogens is 314 g/mol. The summed E-state index contributed by atoms with van der Waals surface area (Å²) in [5.41, 5.74) is 1.01. The van der Waals surface area contributed by atoms with Crippen LogP contribution in [-0.4, -0.2) is 55.6 Å². The zero-order valence-corrected chi connectivity index (χ0v) is 13.5. The second-order valence-corrected chi connectivity index (χ2v) is 7.47. The van der Waals surface area contributed by atoms with Gasteiger partial charge in [-0.25, -0.2) is 8.42 Å². The summed E-state index contributed by atoms with van der Waals surface area (Å²) in [5.74, 6) is 0.505. The summed E-state index contributed by atoms with van der Waals surface area (Å²) in [5, 5.41) is 9.20. The van der Waals surface area contributed by atoms with Crippen molar-refractivity contribution in [3.8, 4) is 0 Å². The smallest absolute Gasteiger partial charge is 0.243 e. The molecular formula is C14H20ClNO4S. The summed E-state index contributed by atoms with van der Waals surface area (Å²) in [6.45, 7) is 2.08. The standard InChI is InChI=1S/C14H20ClNO4S/c1-11-8-16(9-13(10-17)20-11)21(18,19)14-4-2-12(3-5-14)6-7-15/h2-5,11,13,17H,6-10H2,1H3. The molecule has 1 aromatic rings. The van der Waals surface area contributed by atoms with Crippen LogP contribution in [0.1, 0.15) is 12.5 Å². The van der Waals surface area contributed by atoms with Crippen LogP contribution in [0.4, 0.5) is 0 Å². The monoisotopic (exact) mass is 333 g/mol. The number of aliphatic hydroxyl groups is 1. The summed E-state index contributed by atoms with van der Waals surface area (Å²) in [6, 6.07) is 6.77. The quantitative estimate of drug-likeness (QED) is 0.823. The van der Waals surface area contributed by atoms with Gasteiger partial charge in [-0.15, -0.1) is 11.6 Å². The number of hydrogen-bond donors (Lipinski definition) is 1. The fraction of sp³-hybridized carbons (Fsp3) is 0.571. The first-order chi connectivity index (χ1) is 9.97. The normalized spacial score (nSPS) is 24.1. The topological polar surface area (TPSA) is 66.8 Å². The van der Waals surface area contributed by atoms with Crippen molar-refractivity contribution in [2.45, 2.75) is 30.4 Å². The van der Waals surface area contributed by atoms with Crippen molar-refractivity contribution in [1.82, 2.24) is 4.31 Å². The van der Waals surface area contributed by atoms with Crippen LogP contribution < -0.4 is 0 Å². The molecule has 0 aromatic heterocycles. The van der Waals surface area contributed by atoms with Crippen molar-refractivity contribution in [2.75, 3.05) is 25.6 Å². The second-order valence-electron chi connectivity index (χ2n) is 5.16. The number of morpholine rings is 1. The number of rotatable bonds is 5. The lowest BCUT2D eigenvalue weighted by molar-refractivity contribution is -0.0750. The van der Waals surface area contributed by atoms with Gasteiger partial charge in [0, 0.05) is 19.0 Å². The van der Waals surface area contributed by atoms with E-state index < -0.39 is 16.1 Å². The summed E-state index contributed by atoms with van der Waals surface area (Å²) < 4.78 is 32.1. The Kier molecular flexibility index (Phi) is 5.62. The van der Waals surface area contributed by atoms with Crippen molar-refractivity contribution in [1.29, 1.82) is 0 Å². The van der Waals surface area contributed by atoms with E-state index in [4.69, 9.17) is 16.3 Å². The molecule has 0 spiro atoms. The minimum absolute atomic E-state index is 0.173. The molecule has 0 saturated carbocycles. The molecule has 5 nitrogen and oxygen atoms in total. The molecule has 1 saturated heterocycles. The predicted octanol–water partition coefficient (Wildman–Crippen LogP) is 1.24. The number of aryl methyl sites for hydroxylation is 1. The Hall–Kier alpha value is -0.660. The SMILES string of the molecule is CC1CN(S(=O)(=O)c2ccc(CCCl)cc2)CC(CO)O1. The lowest BCUT2D eigenvalue weighted by Gasteiger charge is -2.35.